The third-order valence-electron chi connectivity index (χ3n) is 5.63. The number of ether oxygens (including phenoxy) is 2. The number of carbonyl (C=O) groups excluding carboxylic acids is 2. The molecule has 35 heavy (non-hydrogen) atoms. The van der Waals surface area contributed by atoms with Crippen LogP contribution in [0.15, 0.2) is 48.7 Å². The van der Waals surface area contributed by atoms with Gasteiger partial charge in [-0.15, -0.1) is 0 Å². The highest BCUT2D eigenvalue weighted by molar-refractivity contribution is 5.95. The fourth-order valence-corrected chi connectivity index (χ4v) is 3.94. The van der Waals surface area contributed by atoms with Crippen LogP contribution >= 0.6 is 0 Å². The number of esters is 2. The fraction of sp³-hybridized carbons (Fsp3) is 0.167. The molecule has 2 aromatic carbocycles. The van der Waals surface area contributed by atoms with E-state index in [9.17, 15) is 14.0 Å². The minimum Gasteiger partial charge on any atom is -0.467 e. The predicted molar refractivity (Wildman–Crippen MR) is 128 cm³/mol. The van der Waals surface area contributed by atoms with Gasteiger partial charge < -0.3 is 30.4 Å². The monoisotopic (exact) mass is 476 g/mol. The lowest BCUT2D eigenvalue weighted by Crippen LogP contribution is -2.27. The van der Waals surface area contributed by atoms with Crippen LogP contribution in [0.2, 0.25) is 0 Å². The van der Waals surface area contributed by atoms with Crippen LogP contribution < -0.4 is 16.0 Å². The van der Waals surface area contributed by atoms with Gasteiger partial charge in [0.2, 0.25) is 5.95 Å². The van der Waals surface area contributed by atoms with E-state index in [2.05, 4.69) is 30.9 Å². The van der Waals surface area contributed by atoms with Gasteiger partial charge in [0, 0.05) is 34.4 Å². The van der Waals surface area contributed by atoms with E-state index in [1.165, 1.54) is 14.2 Å². The Morgan fingerprint density at radius 1 is 1.06 bits per heavy atom. The first kappa shape index (κ1) is 22.1. The van der Waals surface area contributed by atoms with Crippen LogP contribution in [0.5, 0.6) is 0 Å². The highest BCUT2D eigenvalue weighted by atomic mass is 19.1. The van der Waals surface area contributed by atoms with Crippen LogP contribution in [0.1, 0.15) is 16.1 Å². The summed E-state index contributed by atoms with van der Waals surface area (Å²) < 4.78 is 24.0. The van der Waals surface area contributed by atoms with E-state index in [0.29, 0.717) is 23.5 Å². The number of rotatable bonds is 6. The van der Waals surface area contributed by atoms with Gasteiger partial charge in [-0.1, -0.05) is 0 Å². The number of hydrogen-bond donors (Lipinski definition) is 4. The van der Waals surface area contributed by atoms with E-state index < -0.39 is 17.8 Å². The molecule has 3 heterocycles. The normalized spacial score (nSPS) is 14.2. The second kappa shape index (κ2) is 8.93. The minimum absolute atomic E-state index is 0.00590. The van der Waals surface area contributed by atoms with Crippen molar-refractivity contribution in [2.75, 3.05) is 30.2 Å². The second-order valence-corrected chi connectivity index (χ2v) is 7.91. The summed E-state index contributed by atoms with van der Waals surface area (Å²) in [7, 11) is 2.66. The van der Waals surface area contributed by atoms with Crippen LogP contribution in [0.25, 0.3) is 10.9 Å². The Balaban J connectivity index is 1.34. The van der Waals surface area contributed by atoms with Gasteiger partial charge in [-0.05, 0) is 48.0 Å². The minimum atomic E-state index is -0.620. The zero-order chi connectivity index (χ0) is 24.5. The Morgan fingerprint density at radius 3 is 2.66 bits per heavy atom. The quantitative estimate of drug-likeness (QED) is 0.306. The van der Waals surface area contributed by atoms with E-state index in [-0.39, 0.29) is 17.7 Å². The maximum absolute atomic E-state index is 14.5. The summed E-state index contributed by atoms with van der Waals surface area (Å²) in [6.45, 7) is 0. The van der Waals surface area contributed by atoms with Gasteiger partial charge in [0.05, 0.1) is 20.4 Å². The molecule has 1 unspecified atom stereocenters. The van der Waals surface area contributed by atoms with Crippen LogP contribution in [-0.4, -0.2) is 47.2 Å². The number of benzene rings is 2. The zero-order valence-corrected chi connectivity index (χ0v) is 18.8. The van der Waals surface area contributed by atoms with Crippen molar-refractivity contribution in [1.82, 2.24) is 15.0 Å². The molecule has 4 aromatic rings. The molecular formula is C24H21FN6O4. The molecule has 0 bridgehead atoms. The lowest BCUT2D eigenvalue weighted by atomic mass is 10.1. The molecule has 0 aliphatic carbocycles. The third kappa shape index (κ3) is 4.43. The summed E-state index contributed by atoms with van der Waals surface area (Å²) >= 11 is 0. The summed E-state index contributed by atoms with van der Waals surface area (Å²) in [5, 5.41) is 9.91. The Morgan fingerprint density at radius 2 is 1.86 bits per heavy atom. The van der Waals surface area contributed by atoms with E-state index in [0.717, 1.165) is 28.4 Å². The first-order chi connectivity index (χ1) is 16.9. The highest BCUT2D eigenvalue weighted by Gasteiger charge is 2.27. The Hall–Kier alpha value is -4.67. The highest BCUT2D eigenvalue weighted by Crippen LogP contribution is 2.31. The topological polar surface area (TPSA) is 130 Å². The fourth-order valence-electron chi connectivity index (χ4n) is 3.94. The molecule has 0 spiro atoms. The van der Waals surface area contributed by atoms with Gasteiger partial charge in [0.1, 0.15) is 11.7 Å². The first-order valence-corrected chi connectivity index (χ1v) is 10.7. The Kier molecular flexibility index (Phi) is 5.65. The van der Waals surface area contributed by atoms with E-state index >= 15 is 0 Å². The lowest BCUT2D eigenvalue weighted by Gasteiger charge is -2.11. The molecule has 178 valence electrons. The van der Waals surface area contributed by atoms with Crippen LogP contribution in [0.4, 0.5) is 33.2 Å². The van der Waals surface area contributed by atoms with Crippen molar-refractivity contribution in [3.8, 4) is 0 Å². The van der Waals surface area contributed by atoms with E-state index in [1.54, 1.807) is 24.3 Å². The van der Waals surface area contributed by atoms with Gasteiger partial charge >= 0.3 is 11.9 Å². The summed E-state index contributed by atoms with van der Waals surface area (Å²) in [6, 6.07) is 12.0. The van der Waals surface area contributed by atoms with E-state index in [1.807, 2.05) is 18.2 Å². The number of anilines is 5. The Labute approximate surface area is 198 Å². The van der Waals surface area contributed by atoms with Gasteiger partial charge in [-0.3, -0.25) is 0 Å². The maximum atomic E-state index is 14.5. The van der Waals surface area contributed by atoms with Gasteiger partial charge in [0.15, 0.2) is 11.6 Å². The zero-order valence-electron chi connectivity index (χ0n) is 18.8. The molecule has 0 saturated carbocycles. The van der Waals surface area contributed by atoms with Gasteiger partial charge in [0.25, 0.3) is 0 Å². The molecule has 0 radical (unpaired) electrons. The molecule has 1 aliphatic heterocycles. The van der Waals surface area contributed by atoms with Gasteiger partial charge in [-0.2, -0.15) is 4.98 Å². The number of methoxy groups -OCH3 is 2. The predicted octanol–water partition coefficient (Wildman–Crippen LogP) is 3.88. The summed E-state index contributed by atoms with van der Waals surface area (Å²) in [4.78, 5) is 34.8. The molecule has 0 fully saturated rings. The molecule has 4 N–H and O–H groups in total. The largest absolute Gasteiger partial charge is 0.467 e. The van der Waals surface area contributed by atoms with E-state index in [4.69, 9.17) is 9.47 Å². The summed E-state index contributed by atoms with van der Waals surface area (Å²) in [5.41, 5.74) is 4.11. The average Bonchev–Trinajstić information content (AvgIpc) is 3.49. The average molecular weight is 476 g/mol. The van der Waals surface area contributed by atoms with Crippen molar-refractivity contribution in [2.45, 2.75) is 12.5 Å². The van der Waals surface area contributed by atoms with Crippen molar-refractivity contribution in [1.29, 1.82) is 0 Å². The summed E-state index contributed by atoms with van der Waals surface area (Å²) in [5.74, 6) is -1.24. The molecule has 1 atom stereocenters. The first-order valence-electron chi connectivity index (χ1n) is 10.7. The Bertz CT molecular complexity index is 1450. The molecule has 10 nitrogen and oxygen atoms in total. The standard InChI is InChI=1S/C24H21FN6O4/c1-34-22(32)19-9-12-7-14(3-5-17(12)29-19)27-21-16(25)11-26-24(31-21)28-15-4-6-18-13(8-15)10-20(30-18)23(33)35-2/h3-8,10-11,19,29-30H,9H2,1-2H3,(H2,26,27,28,31). The molecule has 1 aliphatic rings. The molecular weight excluding hydrogens is 455 g/mol. The number of carbonyl (C=O) groups is 2. The number of nitrogens with one attached hydrogen (secondary N) is 4. The SMILES string of the molecule is COC(=O)c1cc2cc(Nc3ncc(F)c(Nc4ccc5c(c4)CC(C(=O)OC)N5)n3)ccc2[nH]1. The smallest absolute Gasteiger partial charge is 0.354 e. The number of H-pyrrole nitrogens is 1. The lowest BCUT2D eigenvalue weighted by molar-refractivity contribution is -0.141. The number of hydrogen-bond acceptors (Lipinski definition) is 9. The van der Waals surface area contributed by atoms with Crippen molar-refractivity contribution in [2.24, 2.45) is 0 Å². The number of aromatic nitrogens is 3. The summed E-state index contributed by atoms with van der Waals surface area (Å²) in [6.07, 6.45) is 1.54. The maximum Gasteiger partial charge on any atom is 0.354 e. The van der Waals surface area contributed by atoms with Crippen LogP contribution in [0.3, 0.4) is 0 Å². The van der Waals surface area contributed by atoms with Crippen molar-refractivity contribution in [3.63, 3.8) is 0 Å². The van der Waals surface area contributed by atoms with Crippen LogP contribution in [0, 0.1) is 5.82 Å². The third-order valence-corrected chi connectivity index (χ3v) is 5.63. The molecule has 11 heteroatoms. The van der Waals surface area contributed by atoms with Crippen molar-refractivity contribution in [3.05, 3.63) is 65.7 Å². The number of aromatic amines is 1. The van der Waals surface area contributed by atoms with Gasteiger partial charge in [-0.25, -0.2) is 19.0 Å². The molecule has 0 amide bonds. The van der Waals surface area contributed by atoms with Crippen LogP contribution in [-0.2, 0) is 20.7 Å². The second-order valence-electron chi connectivity index (χ2n) is 7.91. The number of halogens is 1. The van der Waals surface area contributed by atoms with Crippen molar-refractivity contribution < 1.29 is 23.5 Å². The molecule has 5 rings (SSSR count). The number of nitrogens with zero attached hydrogens (tertiary/aromatic N) is 2. The van der Waals surface area contributed by atoms with Crippen molar-refractivity contribution >= 4 is 51.7 Å². The number of fused-ring (bicyclic) bond motifs is 2. The molecule has 0 saturated heterocycles. The molecule has 2 aromatic heterocycles.